The van der Waals surface area contributed by atoms with Crippen LogP contribution in [-0.4, -0.2) is 64.8 Å². The highest BCUT2D eigenvalue weighted by Crippen LogP contribution is 2.33. The first-order chi connectivity index (χ1) is 15.8. The molecule has 2 bridgehead atoms. The third-order valence-corrected chi connectivity index (χ3v) is 6.85. The fourth-order valence-corrected chi connectivity index (χ4v) is 5.28. The molecule has 8 heteroatoms. The number of hydrogen-bond donors (Lipinski definition) is 0. The van der Waals surface area contributed by atoms with Crippen LogP contribution in [0.2, 0.25) is 0 Å². The van der Waals surface area contributed by atoms with Gasteiger partial charge in [0.05, 0.1) is 10.2 Å². The summed E-state index contributed by atoms with van der Waals surface area (Å²) in [6.45, 7) is 8.77. The summed E-state index contributed by atoms with van der Waals surface area (Å²) in [6.07, 6.45) is 0.816. The van der Waals surface area contributed by atoms with E-state index in [1.54, 1.807) is 0 Å². The second-order valence-corrected chi connectivity index (χ2v) is 10.5. The lowest BCUT2D eigenvalue weighted by molar-refractivity contribution is 0.0122. The first-order valence-electron chi connectivity index (χ1n) is 11.3. The number of rotatable bonds is 6. The van der Waals surface area contributed by atoms with Gasteiger partial charge in [0.1, 0.15) is 23.7 Å². The van der Waals surface area contributed by atoms with Crippen LogP contribution < -0.4 is 9.47 Å². The largest absolute Gasteiger partial charge is 0.492 e. The van der Waals surface area contributed by atoms with E-state index in [2.05, 4.69) is 9.88 Å². The van der Waals surface area contributed by atoms with Crippen molar-refractivity contribution in [2.24, 2.45) is 0 Å². The minimum absolute atomic E-state index is 0.195. The van der Waals surface area contributed by atoms with Crippen LogP contribution in [-0.2, 0) is 4.74 Å². The molecule has 2 aliphatic rings. The van der Waals surface area contributed by atoms with Gasteiger partial charge in [0.25, 0.3) is 5.19 Å². The van der Waals surface area contributed by atoms with Crippen molar-refractivity contribution in [1.82, 2.24) is 14.8 Å². The molecule has 1 amide bonds. The fourth-order valence-electron chi connectivity index (χ4n) is 4.45. The zero-order valence-electron chi connectivity index (χ0n) is 19.2. The number of ether oxygens (including phenoxy) is 3. The van der Waals surface area contributed by atoms with Crippen molar-refractivity contribution in [3.63, 3.8) is 0 Å². The number of carbonyl (C=O) groups is 1. The Morgan fingerprint density at radius 1 is 1.06 bits per heavy atom. The molecule has 1 unspecified atom stereocenters. The molecule has 3 heterocycles. The smallest absolute Gasteiger partial charge is 0.410 e. The average molecular weight is 468 g/mol. The summed E-state index contributed by atoms with van der Waals surface area (Å²) in [5, 5.41) is 0.634. The number of hydrogen-bond acceptors (Lipinski definition) is 7. The molecule has 0 radical (unpaired) electrons. The van der Waals surface area contributed by atoms with Gasteiger partial charge in [0.15, 0.2) is 0 Å². The van der Waals surface area contributed by atoms with E-state index in [0.717, 1.165) is 47.8 Å². The topological polar surface area (TPSA) is 64.1 Å². The molecule has 7 nitrogen and oxygen atoms in total. The number of nitrogens with zero attached hydrogens (tertiary/aromatic N) is 3. The molecular formula is C25H29N3O4S. The van der Waals surface area contributed by atoms with Crippen LogP contribution in [0.3, 0.4) is 0 Å². The molecule has 3 aromatic rings. The summed E-state index contributed by atoms with van der Waals surface area (Å²) in [5.41, 5.74) is 0.490. The summed E-state index contributed by atoms with van der Waals surface area (Å²) < 4.78 is 18.5. The van der Waals surface area contributed by atoms with E-state index < -0.39 is 5.60 Å². The Balaban J connectivity index is 1.07. The van der Waals surface area contributed by atoms with Crippen molar-refractivity contribution in [1.29, 1.82) is 0 Å². The van der Waals surface area contributed by atoms with Crippen LogP contribution in [0.1, 0.15) is 27.2 Å². The SMILES string of the molecule is CC(C)(C)OC(=O)N1CC2C[C@H]1CN2CCOc1ccc(Oc2nc3ccccc3s2)cc1. The molecular weight excluding hydrogens is 438 g/mol. The van der Waals surface area contributed by atoms with Gasteiger partial charge in [-0.3, -0.25) is 4.90 Å². The Bertz CT molecular complexity index is 1090. The van der Waals surface area contributed by atoms with E-state index in [0.29, 0.717) is 17.8 Å². The molecule has 0 saturated carbocycles. The zero-order valence-corrected chi connectivity index (χ0v) is 20.0. The third kappa shape index (κ3) is 5.07. The van der Waals surface area contributed by atoms with E-state index >= 15 is 0 Å². The van der Waals surface area contributed by atoms with Gasteiger partial charge in [-0.05, 0) is 63.6 Å². The van der Waals surface area contributed by atoms with Gasteiger partial charge >= 0.3 is 6.09 Å². The quantitative estimate of drug-likeness (QED) is 0.499. The molecule has 0 aliphatic carbocycles. The standard InChI is InChI=1S/C25H29N3O4S/c1-25(2,3)32-24(29)28-16-17-14-18(28)15-27(17)12-13-30-19-8-10-20(11-9-19)31-23-26-21-6-4-5-7-22(21)33-23/h4-11,17-18H,12-16H2,1-3H3/t17?,18-/m0/s1. The molecule has 174 valence electrons. The Morgan fingerprint density at radius 2 is 1.82 bits per heavy atom. The summed E-state index contributed by atoms with van der Waals surface area (Å²) in [5.74, 6) is 1.55. The maximum absolute atomic E-state index is 12.4. The molecule has 33 heavy (non-hydrogen) atoms. The van der Waals surface area contributed by atoms with Gasteiger partial charge in [-0.2, -0.15) is 0 Å². The number of fused-ring (bicyclic) bond motifs is 3. The van der Waals surface area contributed by atoms with Crippen molar-refractivity contribution in [3.05, 3.63) is 48.5 Å². The van der Waals surface area contributed by atoms with Gasteiger partial charge in [-0.1, -0.05) is 23.5 Å². The van der Waals surface area contributed by atoms with Crippen LogP contribution in [0, 0.1) is 0 Å². The number of likely N-dealkylation sites (tertiary alicyclic amines) is 2. The summed E-state index contributed by atoms with van der Waals surface area (Å²) in [6, 6.07) is 16.3. The highest BCUT2D eigenvalue weighted by atomic mass is 32.1. The zero-order chi connectivity index (χ0) is 23.0. The molecule has 5 rings (SSSR count). The Kier molecular flexibility index (Phi) is 5.88. The second-order valence-electron chi connectivity index (χ2n) is 9.54. The molecule has 0 spiro atoms. The second kappa shape index (κ2) is 8.83. The highest BCUT2D eigenvalue weighted by Gasteiger charge is 2.46. The predicted octanol–water partition coefficient (Wildman–Crippen LogP) is 5.16. The number of piperazine rings is 1. The molecule has 0 N–H and O–H groups in total. The molecule has 2 aromatic carbocycles. The lowest BCUT2D eigenvalue weighted by Gasteiger charge is -2.35. The van der Waals surface area contributed by atoms with E-state index in [1.807, 2.05) is 74.2 Å². The summed E-state index contributed by atoms with van der Waals surface area (Å²) >= 11 is 1.53. The third-order valence-electron chi connectivity index (χ3n) is 5.93. The van der Waals surface area contributed by atoms with Crippen molar-refractivity contribution in [2.75, 3.05) is 26.2 Å². The van der Waals surface area contributed by atoms with Gasteiger partial charge in [-0.25, -0.2) is 9.78 Å². The number of benzene rings is 2. The van der Waals surface area contributed by atoms with Crippen LogP contribution in [0.25, 0.3) is 10.2 Å². The molecule has 2 aliphatic heterocycles. The van der Waals surface area contributed by atoms with E-state index in [4.69, 9.17) is 14.2 Å². The van der Waals surface area contributed by atoms with Crippen molar-refractivity contribution in [2.45, 2.75) is 44.9 Å². The lowest BCUT2D eigenvalue weighted by Crippen LogP contribution is -2.50. The molecule has 2 saturated heterocycles. The van der Waals surface area contributed by atoms with Crippen LogP contribution in [0.5, 0.6) is 16.7 Å². The van der Waals surface area contributed by atoms with Crippen molar-refractivity contribution >= 4 is 27.6 Å². The van der Waals surface area contributed by atoms with Crippen molar-refractivity contribution < 1.29 is 19.0 Å². The van der Waals surface area contributed by atoms with E-state index in [-0.39, 0.29) is 12.1 Å². The Labute approximate surface area is 197 Å². The van der Waals surface area contributed by atoms with Crippen LogP contribution >= 0.6 is 11.3 Å². The number of para-hydroxylation sites is 1. The first-order valence-corrected chi connectivity index (χ1v) is 12.2. The maximum Gasteiger partial charge on any atom is 0.410 e. The van der Waals surface area contributed by atoms with E-state index in [9.17, 15) is 4.79 Å². The normalized spacial score (nSPS) is 20.4. The van der Waals surface area contributed by atoms with Gasteiger partial charge in [-0.15, -0.1) is 0 Å². The fraction of sp³-hybridized carbons (Fsp3) is 0.440. The van der Waals surface area contributed by atoms with E-state index in [1.165, 1.54) is 11.3 Å². The number of aromatic nitrogens is 1. The number of thiazole rings is 1. The highest BCUT2D eigenvalue weighted by molar-refractivity contribution is 7.20. The first kappa shape index (κ1) is 22.0. The Morgan fingerprint density at radius 3 is 2.52 bits per heavy atom. The molecule has 2 atom stereocenters. The maximum atomic E-state index is 12.4. The summed E-state index contributed by atoms with van der Waals surface area (Å²) in [7, 11) is 0. The van der Waals surface area contributed by atoms with Crippen LogP contribution in [0.4, 0.5) is 4.79 Å². The van der Waals surface area contributed by atoms with Gasteiger partial charge in [0, 0.05) is 31.7 Å². The monoisotopic (exact) mass is 467 g/mol. The Hall–Kier alpha value is -2.84. The number of amides is 1. The molecule has 1 aromatic heterocycles. The minimum atomic E-state index is -0.457. The lowest BCUT2D eigenvalue weighted by atomic mass is 10.2. The summed E-state index contributed by atoms with van der Waals surface area (Å²) in [4.78, 5) is 21.2. The van der Waals surface area contributed by atoms with Crippen molar-refractivity contribution in [3.8, 4) is 16.7 Å². The minimum Gasteiger partial charge on any atom is -0.492 e. The molecule has 2 fully saturated rings. The van der Waals surface area contributed by atoms with Gasteiger partial charge in [0.2, 0.25) is 0 Å². The number of carbonyl (C=O) groups excluding carboxylic acids is 1. The predicted molar refractivity (Wildman–Crippen MR) is 128 cm³/mol. The van der Waals surface area contributed by atoms with Crippen LogP contribution in [0.15, 0.2) is 48.5 Å². The average Bonchev–Trinajstić information content (AvgIpc) is 3.47. The van der Waals surface area contributed by atoms with Gasteiger partial charge < -0.3 is 19.1 Å².